The third-order valence-electron chi connectivity index (χ3n) is 2.64. The van der Waals surface area contributed by atoms with Gasteiger partial charge in [0.15, 0.2) is 0 Å². The second kappa shape index (κ2) is 7.52. The van der Waals surface area contributed by atoms with Crippen LogP contribution in [0.2, 0.25) is 0 Å². The molecule has 1 aromatic heterocycles. The third kappa shape index (κ3) is 7.82. The summed E-state index contributed by atoms with van der Waals surface area (Å²) in [6.07, 6.45) is 2.87. The van der Waals surface area contributed by atoms with Crippen LogP contribution in [-0.2, 0) is 16.6 Å². The van der Waals surface area contributed by atoms with Crippen molar-refractivity contribution in [3.8, 4) is 0 Å². The number of rotatable bonds is 2. The first kappa shape index (κ1) is 16.8. The molecular weight excluding hydrogens is 345 g/mol. The minimum absolute atomic E-state index is 0.650. The molecule has 0 aromatic carbocycles. The SMILES string of the molecule is Cc1nc(Br)ccc1C[S+]1CCCC1.F[B-](F)(F)F. The van der Waals surface area contributed by atoms with Crippen LogP contribution >= 0.6 is 15.9 Å². The van der Waals surface area contributed by atoms with E-state index >= 15 is 0 Å². The van der Waals surface area contributed by atoms with E-state index in [-0.39, 0.29) is 0 Å². The lowest BCUT2D eigenvalue weighted by Gasteiger charge is -2.04. The molecule has 19 heavy (non-hydrogen) atoms. The van der Waals surface area contributed by atoms with E-state index in [1.54, 1.807) is 0 Å². The number of halogens is 5. The fourth-order valence-electron chi connectivity index (χ4n) is 1.79. The Labute approximate surface area is 121 Å². The summed E-state index contributed by atoms with van der Waals surface area (Å²) < 4.78 is 40.0. The molecule has 8 heteroatoms. The van der Waals surface area contributed by atoms with Crippen molar-refractivity contribution in [3.05, 3.63) is 28.0 Å². The van der Waals surface area contributed by atoms with Crippen LogP contribution in [0, 0.1) is 6.92 Å². The molecule has 0 bridgehead atoms. The normalized spacial score (nSPS) is 16.1. The molecule has 0 aliphatic carbocycles. The Kier molecular flexibility index (Phi) is 6.66. The van der Waals surface area contributed by atoms with Gasteiger partial charge in [0, 0.05) is 11.3 Å². The maximum Gasteiger partial charge on any atom is 0.673 e. The second-order valence-corrected chi connectivity index (χ2v) is 7.39. The van der Waals surface area contributed by atoms with Crippen molar-refractivity contribution in [3.63, 3.8) is 0 Å². The molecule has 108 valence electrons. The van der Waals surface area contributed by atoms with Crippen LogP contribution in [0.4, 0.5) is 17.3 Å². The highest BCUT2D eigenvalue weighted by Gasteiger charge is 2.24. The van der Waals surface area contributed by atoms with Crippen molar-refractivity contribution < 1.29 is 17.3 Å². The third-order valence-corrected chi connectivity index (χ3v) is 5.53. The molecule has 0 radical (unpaired) electrons. The molecule has 0 N–H and O–H groups in total. The van der Waals surface area contributed by atoms with Gasteiger partial charge < -0.3 is 17.3 Å². The van der Waals surface area contributed by atoms with Gasteiger partial charge in [0.05, 0.1) is 0 Å². The Morgan fingerprint density at radius 2 is 1.74 bits per heavy atom. The Balaban J connectivity index is 0.000000312. The molecule has 0 unspecified atom stereocenters. The first-order valence-electron chi connectivity index (χ1n) is 5.89. The Hall–Kier alpha value is -0.235. The summed E-state index contributed by atoms with van der Waals surface area (Å²) in [5, 5.41) is 0. The van der Waals surface area contributed by atoms with E-state index in [1.165, 1.54) is 41.4 Å². The zero-order valence-electron chi connectivity index (χ0n) is 10.5. The molecule has 1 nitrogen and oxygen atoms in total. The van der Waals surface area contributed by atoms with E-state index in [9.17, 15) is 17.3 Å². The molecule has 2 heterocycles. The van der Waals surface area contributed by atoms with Gasteiger partial charge in [0.25, 0.3) is 0 Å². The Morgan fingerprint density at radius 1 is 1.21 bits per heavy atom. The largest absolute Gasteiger partial charge is 0.673 e. The molecule has 1 aliphatic rings. The van der Waals surface area contributed by atoms with Gasteiger partial charge in [-0.25, -0.2) is 4.98 Å². The van der Waals surface area contributed by atoms with Crippen molar-refractivity contribution in [1.82, 2.24) is 4.98 Å². The molecule has 0 spiro atoms. The zero-order valence-corrected chi connectivity index (χ0v) is 12.9. The Morgan fingerprint density at radius 3 is 2.21 bits per heavy atom. The highest BCUT2D eigenvalue weighted by Crippen LogP contribution is 2.21. The minimum atomic E-state index is -6.00. The van der Waals surface area contributed by atoms with E-state index < -0.39 is 7.25 Å². The molecular formula is C11H15BBrF4NS. The van der Waals surface area contributed by atoms with Crippen LogP contribution < -0.4 is 0 Å². The molecule has 1 saturated heterocycles. The van der Waals surface area contributed by atoms with Crippen molar-refractivity contribution in [2.75, 3.05) is 11.5 Å². The van der Waals surface area contributed by atoms with E-state index in [1.807, 2.05) is 0 Å². The molecule has 1 aromatic rings. The van der Waals surface area contributed by atoms with E-state index in [2.05, 4.69) is 40.0 Å². The summed E-state index contributed by atoms with van der Waals surface area (Å²) in [4.78, 5) is 4.44. The number of hydrogen-bond donors (Lipinski definition) is 0. The average Bonchev–Trinajstić information content (AvgIpc) is 2.72. The number of nitrogens with zero attached hydrogens (tertiary/aromatic N) is 1. The average molecular weight is 360 g/mol. The van der Waals surface area contributed by atoms with Crippen molar-refractivity contribution in [2.24, 2.45) is 0 Å². The van der Waals surface area contributed by atoms with Gasteiger partial charge in [-0.1, -0.05) is 0 Å². The van der Waals surface area contributed by atoms with Gasteiger partial charge in [-0.3, -0.25) is 0 Å². The van der Waals surface area contributed by atoms with Crippen LogP contribution in [0.3, 0.4) is 0 Å². The van der Waals surface area contributed by atoms with Crippen LogP contribution in [-0.4, -0.2) is 23.7 Å². The number of aryl methyl sites for hydroxylation is 1. The van der Waals surface area contributed by atoms with Gasteiger partial charge in [0.1, 0.15) is 21.9 Å². The van der Waals surface area contributed by atoms with Crippen LogP contribution in [0.5, 0.6) is 0 Å². The maximum atomic E-state index is 9.75. The predicted molar refractivity (Wildman–Crippen MR) is 76.9 cm³/mol. The van der Waals surface area contributed by atoms with E-state index in [4.69, 9.17) is 0 Å². The van der Waals surface area contributed by atoms with Gasteiger partial charge in [-0.05, 0) is 58.7 Å². The molecule has 1 aliphatic heterocycles. The first-order chi connectivity index (χ1) is 8.75. The first-order valence-corrected chi connectivity index (χ1v) is 8.41. The van der Waals surface area contributed by atoms with Crippen molar-refractivity contribution in [1.29, 1.82) is 0 Å². The van der Waals surface area contributed by atoms with Crippen LogP contribution in [0.15, 0.2) is 16.7 Å². The summed E-state index contributed by atoms with van der Waals surface area (Å²) in [5.41, 5.74) is 2.64. The number of aromatic nitrogens is 1. The van der Waals surface area contributed by atoms with Crippen LogP contribution in [0.1, 0.15) is 24.1 Å². The fourth-order valence-corrected chi connectivity index (χ4v) is 4.65. The Bertz CT molecular complexity index is 404. The lowest BCUT2D eigenvalue weighted by atomic mass is 10.2. The van der Waals surface area contributed by atoms with Crippen LogP contribution in [0.25, 0.3) is 0 Å². The highest BCUT2D eigenvalue weighted by atomic mass is 79.9. The smallest absolute Gasteiger partial charge is 0.418 e. The van der Waals surface area contributed by atoms with E-state index in [0.29, 0.717) is 10.9 Å². The maximum absolute atomic E-state index is 9.75. The van der Waals surface area contributed by atoms with Crippen molar-refractivity contribution in [2.45, 2.75) is 25.5 Å². The highest BCUT2D eigenvalue weighted by molar-refractivity contribution is 9.10. The standard InChI is InChI=1S/C11H15BrNS.BF4/c1-9-10(4-5-11(12)13-9)8-14-6-2-3-7-14;2-1(3,4)5/h4-5H,2-3,6-8H2,1H3;/q+1;-1. The molecule has 1 fully saturated rings. The minimum Gasteiger partial charge on any atom is -0.418 e. The molecule has 0 saturated carbocycles. The lowest BCUT2D eigenvalue weighted by molar-refractivity contribution is 0.368. The predicted octanol–water partition coefficient (Wildman–Crippen LogP) is 4.36. The molecule has 2 rings (SSSR count). The van der Waals surface area contributed by atoms with Crippen molar-refractivity contribution >= 4 is 34.1 Å². The van der Waals surface area contributed by atoms with Gasteiger partial charge >= 0.3 is 7.25 Å². The molecule has 0 amide bonds. The zero-order chi connectivity index (χ0) is 14.5. The summed E-state index contributed by atoms with van der Waals surface area (Å²) in [5.74, 6) is 4.14. The second-order valence-electron chi connectivity index (χ2n) is 4.25. The number of pyridine rings is 1. The summed E-state index contributed by atoms with van der Waals surface area (Å²) in [7, 11) is -5.35. The summed E-state index contributed by atoms with van der Waals surface area (Å²) in [6, 6.07) is 4.28. The van der Waals surface area contributed by atoms with E-state index in [0.717, 1.165) is 4.60 Å². The quantitative estimate of drug-likeness (QED) is 0.331. The molecule has 0 atom stereocenters. The van der Waals surface area contributed by atoms with Gasteiger partial charge in [-0.15, -0.1) is 0 Å². The van der Waals surface area contributed by atoms with Gasteiger partial charge in [0.2, 0.25) is 0 Å². The fraction of sp³-hybridized carbons (Fsp3) is 0.545. The number of hydrogen-bond acceptors (Lipinski definition) is 1. The van der Waals surface area contributed by atoms with Gasteiger partial charge in [-0.2, -0.15) is 0 Å². The monoisotopic (exact) mass is 359 g/mol. The topological polar surface area (TPSA) is 12.9 Å². The lowest BCUT2D eigenvalue weighted by Crippen LogP contribution is -2.08. The summed E-state index contributed by atoms with van der Waals surface area (Å²) in [6.45, 7) is 2.11. The summed E-state index contributed by atoms with van der Waals surface area (Å²) >= 11 is 3.40.